The van der Waals surface area contributed by atoms with E-state index >= 15 is 0 Å². The predicted molar refractivity (Wildman–Crippen MR) is 52.2 cm³/mol. The lowest BCUT2D eigenvalue weighted by molar-refractivity contribution is -1.04. The summed E-state index contributed by atoms with van der Waals surface area (Å²) in [4.78, 5) is 37.3. The summed E-state index contributed by atoms with van der Waals surface area (Å²) in [5, 5.41) is 17.3. The molecular formula is C9H16NO6+. The zero-order valence-corrected chi connectivity index (χ0v) is 9.47. The van der Waals surface area contributed by atoms with Gasteiger partial charge in [0.2, 0.25) is 13.1 Å². The summed E-state index contributed by atoms with van der Waals surface area (Å²) in [5.41, 5.74) is -0.828. The summed E-state index contributed by atoms with van der Waals surface area (Å²) in [6.07, 6.45) is 0.188. The lowest BCUT2D eigenvalue weighted by Crippen LogP contribution is -2.56. The number of hydrogen-bond donors (Lipinski definition) is 2. The molecule has 0 aliphatic heterocycles. The summed E-state index contributed by atoms with van der Waals surface area (Å²) < 4.78 is -1.09. The number of carboxylic acids is 2. The molecule has 0 saturated carbocycles. The number of hydroxylamine groups is 3. The first-order valence-corrected chi connectivity index (χ1v) is 4.58. The number of carbonyl (C=O) groups excluding carboxylic acids is 1. The number of aliphatic carboxylic acids is 2. The van der Waals surface area contributed by atoms with Gasteiger partial charge in [0.15, 0.2) is 0 Å². The summed E-state index contributed by atoms with van der Waals surface area (Å²) in [6, 6.07) is 0. The van der Waals surface area contributed by atoms with Crippen molar-refractivity contribution >= 4 is 18.3 Å². The van der Waals surface area contributed by atoms with Crippen LogP contribution in [0.5, 0.6) is 0 Å². The highest BCUT2D eigenvalue weighted by atomic mass is 16.7. The van der Waals surface area contributed by atoms with E-state index in [9.17, 15) is 14.4 Å². The molecule has 1 amide bonds. The number of carbonyl (C=O) groups is 3. The second kappa shape index (κ2) is 5.04. The number of rotatable bonds is 6. The number of quaternary nitrogens is 1. The minimum absolute atomic E-state index is 0.188. The Morgan fingerprint density at radius 3 is 1.75 bits per heavy atom. The van der Waals surface area contributed by atoms with E-state index < -0.39 is 35.3 Å². The molecule has 0 aromatic rings. The van der Waals surface area contributed by atoms with E-state index in [4.69, 9.17) is 15.1 Å². The zero-order chi connectivity index (χ0) is 13.0. The standard InChI is InChI=1S/C9H15NO6/c1-9(2,3)16-10(6-11,4-7(12)13)5-8(14)15/h6H,4-5H2,1-3H3,(H-,12,13,14,15)/p+1. The van der Waals surface area contributed by atoms with Crippen LogP contribution in [0.4, 0.5) is 0 Å². The van der Waals surface area contributed by atoms with Crippen LogP contribution in [-0.2, 0) is 19.2 Å². The zero-order valence-electron chi connectivity index (χ0n) is 9.47. The van der Waals surface area contributed by atoms with Gasteiger partial charge in [0, 0.05) is 0 Å². The normalized spacial score (nSPS) is 12.2. The Morgan fingerprint density at radius 2 is 1.56 bits per heavy atom. The molecule has 92 valence electrons. The van der Waals surface area contributed by atoms with Crippen LogP contribution in [0.15, 0.2) is 0 Å². The first-order chi connectivity index (χ1) is 7.10. The first-order valence-electron chi connectivity index (χ1n) is 4.58. The maximum atomic E-state index is 10.9. The number of nitrogens with zero attached hydrogens (tertiary/aromatic N) is 1. The molecule has 0 bridgehead atoms. The highest BCUT2D eigenvalue weighted by Gasteiger charge is 2.40. The molecule has 2 N–H and O–H groups in total. The molecule has 0 aliphatic carbocycles. The Hall–Kier alpha value is -1.47. The molecule has 0 aromatic carbocycles. The van der Waals surface area contributed by atoms with E-state index in [-0.39, 0.29) is 6.41 Å². The van der Waals surface area contributed by atoms with Gasteiger partial charge in [-0.2, -0.15) is 4.84 Å². The third kappa shape index (κ3) is 5.42. The van der Waals surface area contributed by atoms with Gasteiger partial charge in [-0.25, -0.2) is 14.4 Å². The molecule has 0 unspecified atom stereocenters. The fraction of sp³-hybridized carbons (Fsp3) is 0.667. The van der Waals surface area contributed by atoms with Gasteiger partial charge in [0.25, 0.3) is 0 Å². The van der Waals surface area contributed by atoms with Crippen LogP contribution in [0.3, 0.4) is 0 Å². The average molecular weight is 234 g/mol. The van der Waals surface area contributed by atoms with Gasteiger partial charge in [-0.15, -0.1) is 0 Å². The summed E-state index contributed by atoms with van der Waals surface area (Å²) in [5.74, 6) is -2.62. The quantitative estimate of drug-likeness (QED) is 0.377. The van der Waals surface area contributed by atoms with E-state index in [1.165, 1.54) is 0 Å². The maximum absolute atomic E-state index is 10.9. The van der Waals surface area contributed by atoms with Gasteiger partial charge in [0.1, 0.15) is 5.60 Å². The number of hydrogen-bond acceptors (Lipinski definition) is 4. The van der Waals surface area contributed by atoms with Crippen molar-refractivity contribution in [2.45, 2.75) is 26.4 Å². The minimum Gasteiger partial charge on any atom is -0.477 e. The Morgan fingerprint density at radius 1 is 1.19 bits per heavy atom. The lowest BCUT2D eigenvalue weighted by Gasteiger charge is -2.32. The molecule has 7 heteroatoms. The minimum atomic E-state index is -1.31. The number of amides is 1. The van der Waals surface area contributed by atoms with Crippen molar-refractivity contribution in [2.75, 3.05) is 13.1 Å². The van der Waals surface area contributed by atoms with Crippen LogP contribution >= 0.6 is 0 Å². The van der Waals surface area contributed by atoms with Crippen molar-refractivity contribution < 1.29 is 34.1 Å². The molecule has 0 rings (SSSR count). The van der Waals surface area contributed by atoms with Crippen LogP contribution in [0.25, 0.3) is 0 Å². The fourth-order valence-corrected chi connectivity index (χ4v) is 1.22. The summed E-state index contributed by atoms with van der Waals surface area (Å²) in [7, 11) is 0. The smallest absolute Gasteiger partial charge is 0.362 e. The highest BCUT2D eigenvalue weighted by molar-refractivity contribution is 5.72. The van der Waals surface area contributed by atoms with E-state index in [2.05, 4.69) is 0 Å². The van der Waals surface area contributed by atoms with E-state index in [0.717, 1.165) is 0 Å². The predicted octanol–water partition coefficient (Wildman–Crippen LogP) is -0.141. The van der Waals surface area contributed by atoms with Crippen molar-refractivity contribution in [2.24, 2.45) is 0 Å². The van der Waals surface area contributed by atoms with E-state index in [0.29, 0.717) is 0 Å². The molecule has 0 radical (unpaired) electrons. The summed E-state index contributed by atoms with van der Waals surface area (Å²) >= 11 is 0. The molecule has 0 fully saturated rings. The van der Waals surface area contributed by atoms with Gasteiger partial charge in [-0.3, -0.25) is 0 Å². The molecule has 0 spiro atoms. The van der Waals surface area contributed by atoms with Gasteiger partial charge < -0.3 is 10.2 Å². The largest absolute Gasteiger partial charge is 0.477 e. The Bertz CT molecular complexity index is 277. The van der Waals surface area contributed by atoms with Crippen LogP contribution in [0.2, 0.25) is 0 Å². The monoisotopic (exact) mass is 234 g/mol. The van der Waals surface area contributed by atoms with Crippen LogP contribution in [0, 0.1) is 0 Å². The van der Waals surface area contributed by atoms with Gasteiger partial charge in [0.05, 0.1) is 0 Å². The average Bonchev–Trinajstić information content (AvgIpc) is 1.97. The van der Waals surface area contributed by atoms with Crippen LogP contribution in [0.1, 0.15) is 20.8 Å². The second-order valence-electron chi connectivity index (χ2n) is 4.37. The lowest BCUT2D eigenvalue weighted by atomic mass is 10.2. The van der Waals surface area contributed by atoms with Crippen LogP contribution < -0.4 is 0 Å². The van der Waals surface area contributed by atoms with E-state index in [1.807, 2.05) is 0 Å². The molecule has 7 nitrogen and oxygen atoms in total. The van der Waals surface area contributed by atoms with Gasteiger partial charge in [-0.05, 0) is 20.8 Å². The SMILES string of the molecule is CC(C)(C)O[N+](C=O)(CC(=O)O)CC(=O)O. The molecule has 16 heavy (non-hydrogen) atoms. The third-order valence-electron chi connectivity index (χ3n) is 1.45. The van der Waals surface area contributed by atoms with Crippen molar-refractivity contribution in [3.8, 4) is 0 Å². The topological polar surface area (TPSA) is 101 Å². The van der Waals surface area contributed by atoms with Gasteiger partial charge in [-0.1, -0.05) is 4.65 Å². The Kier molecular flexibility index (Phi) is 4.58. The Balaban J connectivity index is 5.02. The number of carboxylic acid groups (broad SMARTS) is 2. The third-order valence-corrected chi connectivity index (χ3v) is 1.45. The fourth-order valence-electron chi connectivity index (χ4n) is 1.22. The molecular weight excluding hydrogens is 218 g/mol. The van der Waals surface area contributed by atoms with Crippen molar-refractivity contribution in [3.63, 3.8) is 0 Å². The van der Waals surface area contributed by atoms with Crippen molar-refractivity contribution in [3.05, 3.63) is 0 Å². The second-order valence-corrected chi connectivity index (χ2v) is 4.37. The highest BCUT2D eigenvalue weighted by Crippen LogP contribution is 2.16. The molecule has 0 heterocycles. The van der Waals surface area contributed by atoms with Crippen molar-refractivity contribution in [1.29, 1.82) is 0 Å². The van der Waals surface area contributed by atoms with Crippen LogP contribution in [-0.4, -0.2) is 51.9 Å². The molecule has 0 aromatic heterocycles. The summed E-state index contributed by atoms with van der Waals surface area (Å²) in [6.45, 7) is 3.35. The van der Waals surface area contributed by atoms with E-state index in [1.54, 1.807) is 20.8 Å². The first kappa shape index (κ1) is 14.5. The molecule has 0 aliphatic rings. The molecule has 0 saturated heterocycles. The van der Waals surface area contributed by atoms with Gasteiger partial charge >= 0.3 is 18.3 Å². The maximum Gasteiger partial charge on any atom is 0.362 e. The molecule has 0 atom stereocenters. The Labute approximate surface area is 92.8 Å². The van der Waals surface area contributed by atoms with Crippen molar-refractivity contribution in [1.82, 2.24) is 0 Å².